The average Bonchev–Trinajstić information content (AvgIpc) is 2.83. The van der Waals surface area contributed by atoms with E-state index in [-0.39, 0.29) is 23.3 Å². The van der Waals surface area contributed by atoms with Crippen LogP contribution in [0.25, 0.3) is 0 Å². The summed E-state index contributed by atoms with van der Waals surface area (Å²) in [5.41, 5.74) is 2.06. The van der Waals surface area contributed by atoms with E-state index in [1.165, 1.54) is 31.5 Å². The Morgan fingerprint density at radius 3 is 2.65 bits per heavy atom. The Bertz CT molecular complexity index is 1040. The smallest absolute Gasteiger partial charge is 0.418 e. The molecule has 2 N–H and O–H groups in total. The predicted octanol–water partition coefficient (Wildman–Crippen LogP) is 3.27. The fraction of sp³-hybridized carbons (Fsp3) is 0.318. The minimum Gasteiger partial charge on any atom is -0.493 e. The van der Waals surface area contributed by atoms with Gasteiger partial charge in [-0.3, -0.25) is 10.2 Å². The van der Waals surface area contributed by atoms with Crippen molar-refractivity contribution in [3.05, 3.63) is 53.6 Å². The molecule has 1 amide bonds. The van der Waals surface area contributed by atoms with Crippen molar-refractivity contribution in [1.29, 1.82) is 0 Å². The number of hydrogen-bond donors (Lipinski definition) is 2. The van der Waals surface area contributed by atoms with Crippen molar-refractivity contribution in [3.8, 4) is 11.5 Å². The van der Waals surface area contributed by atoms with E-state index in [0.29, 0.717) is 43.4 Å². The molecular weight excluding hydrogens is 473 g/mol. The third-order valence-corrected chi connectivity index (χ3v) is 4.96. The Morgan fingerprint density at radius 1 is 1.21 bits per heavy atom. The third-order valence-electron chi connectivity index (χ3n) is 4.76. The number of nitrogens with one attached hydrogen (secondary N) is 2. The highest BCUT2D eigenvalue weighted by Gasteiger charge is 2.33. The molecule has 0 saturated carbocycles. The first-order valence-corrected chi connectivity index (χ1v) is 10.6. The summed E-state index contributed by atoms with van der Waals surface area (Å²) in [6, 6.07) is 9.93. The second kappa shape index (κ2) is 11.7. The lowest BCUT2D eigenvalue weighted by atomic mass is 10.2. The number of amides is 1. The van der Waals surface area contributed by atoms with Crippen molar-refractivity contribution in [2.45, 2.75) is 6.18 Å². The summed E-state index contributed by atoms with van der Waals surface area (Å²) in [7, 11) is 1.46. The van der Waals surface area contributed by atoms with Crippen LogP contribution in [-0.4, -0.2) is 62.2 Å². The Balaban J connectivity index is 1.56. The molecule has 1 aliphatic rings. The number of ether oxygens (including phenoxy) is 3. The van der Waals surface area contributed by atoms with Crippen molar-refractivity contribution in [2.24, 2.45) is 5.10 Å². The Morgan fingerprint density at radius 2 is 1.94 bits per heavy atom. The normalized spacial score (nSPS) is 14.1. The van der Waals surface area contributed by atoms with Crippen LogP contribution in [0.15, 0.2) is 47.6 Å². The average molecular weight is 497 g/mol. The summed E-state index contributed by atoms with van der Waals surface area (Å²) in [6.45, 7) is 1.93. The number of alkyl halides is 3. The lowest BCUT2D eigenvalue weighted by Gasteiger charge is -2.26. The summed E-state index contributed by atoms with van der Waals surface area (Å²) in [6.07, 6.45) is -3.11. The van der Waals surface area contributed by atoms with Gasteiger partial charge in [0, 0.05) is 13.1 Å². The van der Waals surface area contributed by atoms with Crippen molar-refractivity contribution in [2.75, 3.05) is 45.3 Å². The fourth-order valence-corrected chi connectivity index (χ4v) is 3.24. The molecule has 0 radical (unpaired) electrons. The van der Waals surface area contributed by atoms with Gasteiger partial charge in [0.1, 0.15) is 0 Å². The highest BCUT2D eigenvalue weighted by atomic mass is 32.1. The molecule has 0 aliphatic carbocycles. The van der Waals surface area contributed by atoms with Crippen LogP contribution in [0.4, 0.5) is 18.9 Å². The van der Waals surface area contributed by atoms with Crippen LogP contribution in [0, 0.1) is 0 Å². The SMILES string of the molecule is COc1cc(/C=N/NC(=S)Nc2ccccc2C(F)(F)F)ccc1OCC(=O)N1CCOCC1. The van der Waals surface area contributed by atoms with Gasteiger partial charge in [0.25, 0.3) is 5.91 Å². The maximum atomic E-state index is 13.1. The van der Waals surface area contributed by atoms with Crippen molar-refractivity contribution < 1.29 is 32.2 Å². The van der Waals surface area contributed by atoms with E-state index in [2.05, 4.69) is 15.8 Å². The summed E-state index contributed by atoms with van der Waals surface area (Å²) in [5, 5.41) is 6.32. The first kappa shape index (κ1) is 25.2. The number of hydrogen-bond acceptors (Lipinski definition) is 6. The minimum absolute atomic E-state index is 0.110. The van der Waals surface area contributed by atoms with Gasteiger partial charge in [-0.1, -0.05) is 12.1 Å². The number of carbonyl (C=O) groups is 1. The minimum atomic E-state index is -4.52. The van der Waals surface area contributed by atoms with Crippen LogP contribution in [0.2, 0.25) is 0 Å². The van der Waals surface area contributed by atoms with E-state index < -0.39 is 11.7 Å². The topological polar surface area (TPSA) is 84.4 Å². The number of para-hydroxylation sites is 1. The van der Waals surface area contributed by atoms with Gasteiger partial charge in [0.05, 0.1) is 37.8 Å². The van der Waals surface area contributed by atoms with Crippen LogP contribution >= 0.6 is 12.2 Å². The van der Waals surface area contributed by atoms with E-state index in [1.54, 1.807) is 23.1 Å². The zero-order valence-corrected chi connectivity index (χ0v) is 19.0. The lowest BCUT2D eigenvalue weighted by molar-refractivity contribution is -0.137. The zero-order chi connectivity index (χ0) is 24.6. The maximum absolute atomic E-state index is 13.1. The molecule has 0 aromatic heterocycles. The van der Waals surface area contributed by atoms with Gasteiger partial charge >= 0.3 is 6.18 Å². The molecule has 2 aromatic carbocycles. The van der Waals surface area contributed by atoms with Crippen molar-refractivity contribution in [3.63, 3.8) is 0 Å². The Hall–Kier alpha value is -3.38. The van der Waals surface area contributed by atoms with Gasteiger partial charge in [-0.2, -0.15) is 18.3 Å². The number of morpholine rings is 1. The quantitative estimate of drug-likeness (QED) is 0.346. The first-order valence-electron chi connectivity index (χ1n) is 10.2. The number of methoxy groups -OCH3 is 1. The van der Waals surface area contributed by atoms with Gasteiger partial charge in [0.2, 0.25) is 0 Å². The molecule has 1 fully saturated rings. The number of anilines is 1. The standard InChI is InChI=1S/C22H23F3N4O4S/c1-31-19-12-15(6-7-18(19)33-14-20(30)29-8-10-32-11-9-29)13-26-28-21(34)27-17-5-3-2-4-16(17)22(23,24)25/h2-7,12-13H,8-11,14H2,1H3,(H2,27,28,34)/b26-13+. The molecule has 0 bridgehead atoms. The molecule has 34 heavy (non-hydrogen) atoms. The number of rotatable bonds is 7. The number of nitrogens with zero attached hydrogens (tertiary/aromatic N) is 2. The lowest BCUT2D eigenvalue weighted by Crippen LogP contribution is -2.43. The number of benzene rings is 2. The Kier molecular flexibility index (Phi) is 8.66. The van der Waals surface area contributed by atoms with Gasteiger partial charge in [0.15, 0.2) is 23.2 Å². The van der Waals surface area contributed by atoms with E-state index in [4.69, 9.17) is 26.4 Å². The number of hydrazone groups is 1. The predicted molar refractivity (Wildman–Crippen MR) is 124 cm³/mol. The largest absolute Gasteiger partial charge is 0.493 e. The van der Waals surface area contributed by atoms with Crippen molar-refractivity contribution in [1.82, 2.24) is 10.3 Å². The molecule has 182 valence electrons. The second-order valence-corrected chi connectivity index (χ2v) is 7.47. The van der Waals surface area contributed by atoms with Gasteiger partial charge < -0.3 is 24.4 Å². The summed E-state index contributed by atoms with van der Waals surface area (Å²) < 4.78 is 55.4. The molecule has 12 heteroatoms. The van der Waals surface area contributed by atoms with Gasteiger partial charge in [-0.15, -0.1) is 0 Å². The van der Waals surface area contributed by atoms with Crippen LogP contribution in [0.5, 0.6) is 11.5 Å². The summed E-state index contributed by atoms with van der Waals surface area (Å²) >= 11 is 5.02. The molecular formula is C22H23F3N4O4S. The fourth-order valence-electron chi connectivity index (χ4n) is 3.08. The van der Waals surface area contributed by atoms with Crippen LogP contribution in [0.3, 0.4) is 0 Å². The van der Waals surface area contributed by atoms with Gasteiger partial charge in [-0.25, -0.2) is 0 Å². The van der Waals surface area contributed by atoms with Gasteiger partial charge in [-0.05, 0) is 48.1 Å². The number of halogens is 3. The molecule has 0 unspecified atom stereocenters. The monoisotopic (exact) mass is 496 g/mol. The van der Waals surface area contributed by atoms with E-state index in [9.17, 15) is 18.0 Å². The molecule has 0 atom stereocenters. The zero-order valence-electron chi connectivity index (χ0n) is 18.2. The number of carbonyl (C=O) groups excluding carboxylic acids is 1. The molecule has 0 spiro atoms. The van der Waals surface area contributed by atoms with E-state index in [1.807, 2.05) is 0 Å². The Labute approximate surface area is 199 Å². The molecule has 3 rings (SSSR count). The van der Waals surface area contributed by atoms with Crippen LogP contribution < -0.4 is 20.2 Å². The van der Waals surface area contributed by atoms with Crippen LogP contribution in [0.1, 0.15) is 11.1 Å². The third kappa shape index (κ3) is 7.06. The molecule has 1 heterocycles. The maximum Gasteiger partial charge on any atom is 0.418 e. The second-order valence-electron chi connectivity index (χ2n) is 7.06. The molecule has 1 saturated heterocycles. The first-order chi connectivity index (χ1) is 16.3. The highest BCUT2D eigenvalue weighted by Crippen LogP contribution is 2.34. The molecule has 1 aliphatic heterocycles. The number of thiocarbonyl (C=S) groups is 1. The molecule has 8 nitrogen and oxygen atoms in total. The summed E-state index contributed by atoms with van der Waals surface area (Å²) in [4.78, 5) is 13.9. The summed E-state index contributed by atoms with van der Waals surface area (Å²) in [5.74, 6) is 0.627. The van der Waals surface area contributed by atoms with Crippen molar-refractivity contribution >= 4 is 35.1 Å². The van der Waals surface area contributed by atoms with E-state index >= 15 is 0 Å². The highest BCUT2D eigenvalue weighted by molar-refractivity contribution is 7.80. The van der Waals surface area contributed by atoms with E-state index in [0.717, 1.165) is 6.07 Å². The molecule has 2 aromatic rings. The van der Waals surface area contributed by atoms with Crippen LogP contribution in [-0.2, 0) is 15.7 Å².